The highest BCUT2D eigenvalue weighted by atomic mass is 35.5. The summed E-state index contributed by atoms with van der Waals surface area (Å²) in [6, 6.07) is 15.0. The van der Waals surface area contributed by atoms with Crippen LogP contribution < -0.4 is 0 Å². The molecule has 1 unspecified atom stereocenters. The molecule has 0 bridgehead atoms. The summed E-state index contributed by atoms with van der Waals surface area (Å²) in [5.74, 6) is -0.529. The molecule has 0 N–H and O–H groups in total. The molecule has 156 valence electrons. The van der Waals surface area contributed by atoms with Crippen LogP contribution in [-0.4, -0.2) is 11.0 Å². The van der Waals surface area contributed by atoms with E-state index in [9.17, 15) is 18.0 Å². The maximum atomic E-state index is 13.4. The molecule has 0 aliphatic heterocycles. The van der Waals surface area contributed by atoms with Gasteiger partial charge in [-0.25, -0.2) is 0 Å². The molecule has 3 nitrogen and oxygen atoms in total. The van der Waals surface area contributed by atoms with Crippen LogP contribution in [0.15, 0.2) is 73.1 Å². The smallest absolute Gasteiger partial charge is 0.416 e. The number of pyridine rings is 1. The van der Waals surface area contributed by atoms with Gasteiger partial charge in [0.15, 0.2) is 5.60 Å². The number of hydrogen-bond acceptors (Lipinski definition) is 3. The van der Waals surface area contributed by atoms with Gasteiger partial charge in [0.2, 0.25) is 0 Å². The molecule has 7 heteroatoms. The largest absolute Gasteiger partial charge is 0.449 e. The monoisotopic (exact) mass is 433 g/mol. The quantitative estimate of drug-likeness (QED) is 0.435. The summed E-state index contributed by atoms with van der Waals surface area (Å²) in [6.07, 6.45) is -1.30. The first-order chi connectivity index (χ1) is 14.2. The molecule has 30 heavy (non-hydrogen) atoms. The fourth-order valence-corrected chi connectivity index (χ4v) is 3.37. The third kappa shape index (κ3) is 4.82. The molecule has 0 amide bonds. The van der Waals surface area contributed by atoms with Gasteiger partial charge in [-0.1, -0.05) is 42.8 Å². The van der Waals surface area contributed by atoms with Crippen molar-refractivity contribution in [2.75, 3.05) is 0 Å². The van der Waals surface area contributed by atoms with E-state index >= 15 is 0 Å². The van der Waals surface area contributed by atoms with Gasteiger partial charge in [0.1, 0.15) is 0 Å². The number of hydrogen-bond donors (Lipinski definition) is 0. The summed E-state index contributed by atoms with van der Waals surface area (Å²) in [6.45, 7) is 1.63. The highest BCUT2D eigenvalue weighted by molar-refractivity contribution is 6.30. The number of esters is 1. The van der Waals surface area contributed by atoms with Crippen molar-refractivity contribution in [3.05, 3.63) is 100 Å². The zero-order valence-corrected chi connectivity index (χ0v) is 16.9. The number of carbonyl (C=O) groups excluding carboxylic acids is 1. The number of carbonyl (C=O) groups is 1. The van der Waals surface area contributed by atoms with E-state index in [1.165, 1.54) is 24.5 Å². The Morgan fingerprint density at radius 1 is 0.967 bits per heavy atom. The molecular weight excluding hydrogens is 415 g/mol. The van der Waals surface area contributed by atoms with Crippen molar-refractivity contribution in [3.63, 3.8) is 0 Å². The van der Waals surface area contributed by atoms with E-state index < -0.39 is 23.3 Å². The van der Waals surface area contributed by atoms with Gasteiger partial charge in [-0.3, -0.25) is 9.78 Å². The molecule has 0 saturated heterocycles. The topological polar surface area (TPSA) is 39.2 Å². The van der Waals surface area contributed by atoms with Gasteiger partial charge in [0.25, 0.3) is 0 Å². The van der Waals surface area contributed by atoms with Gasteiger partial charge in [0.05, 0.1) is 5.56 Å². The second-order valence-electron chi connectivity index (χ2n) is 6.77. The van der Waals surface area contributed by atoms with Gasteiger partial charge in [0, 0.05) is 41.4 Å². The van der Waals surface area contributed by atoms with Crippen LogP contribution in [0, 0.1) is 0 Å². The molecule has 0 spiro atoms. The number of benzene rings is 2. The minimum Gasteiger partial charge on any atom is -0.449 e. The molecule has 3 aromatic rings. The van der Waals surface area contributed by atoms with Crippen LogP contribution >= 0.6 is 11.6 Å². The Kier molecular flexibility index (Phi) is 6.46. The molecule has 0 fully saturated rings. The molecule has 0 saturated carbocycles. The average molecular weight is 434 g/mol. The molecule has 0 aliphatic rings. The first-order valence-electron chi connectivity index (χ1n) is 9.29. The van der Waals surface area contributed by atoms with E-state index in [0.717, 1.165) is 17.7 Å². The van der Waals surface area contributed by atoms with Gasteiger partial charge >= 0.3 is 12.1 Å². The molecule has 0 radical (unpaired) electrons. The minimum atomic E-state index is -4.53. The lowest BCUT2D eigenvalue weighted by Crippen LogP contribution is -2.36. The second-order valence-corrected chi connectivity index (χ2v) is 7.21. The van der Waals surface area contributed by atoms with Crippen LogP contribution in [0.2, 0.25) is 5.02 Å². The van der Waals surface area contributed by atoms with E-state index in [1.807, 2.05) is 0 Å². The summed E-state index contributed by atoms with van der Waals surface area (Å²) < 4.78 is 46.2. The van der Waals surface area contributed by atoms with Crippen molar-refractivity contribution in [3.8, 4) is 0 Å². The first-order valence-corrected chi connectivity index (χ1v) is 9.67. The zero-order chi connectivity index (χ0) is 21.8. The van der Waals surface area contributed by atoms with E-state index in [4.69, 9.17) is 16.3 Å². The Balaban J connectivity index is 2.24. The molecule has 0 aliphatic carbocycles. The highest BCUT2D eigenvalue weighted by Crippen LogP contribution is 2.40. The third-order valence-electron chi connectivity index (χ3n) is 4.75. The van der Waals surface area contributed by atoms with Crippen molar-refractivity contribution < 1.29 is 22.7 Å². The van der Waals surface area contributed by atoms with Crippen LogP contribution in [0.5, 0.6) is 0 Å². The highest BCUT2D eigenvalue weighted by Gasteiger charge is 2.40. The second kappa shape index (κ2) is 8.88. The molecule has 1 atom stereocenters. The number of aromatic nitrogens is 1. The zero-order valence-electron chi connectivity index (χ0n) is 16.1. The summed E-state index contributed by atoms with van der Waals surface area (Å²) >= 11 is 5.98. The fourth-order valence-electron chi connectivity index (χ4n) is 3.25. The number of nitrogens with zero attached hydrogens (tertiary/aromatic N) is 1. The Labute approximate surface area is 177 Å². The number of halogens is 4. The number of ether oxygens (including phenoxy) is 1. The SMILES string of the molecule is CCC(=O)OC(Cc1ccc(Cl)cc1)(c1ccncc1)c1cccc(C(F)(F)F)c1. The van der Waals surface area contributed by atoms with Crippen molar-refractivity contribution in [1.82, 2.24) is 4.98 Å². The van der Waals surface area contributed by atoms with E-state index in [0.29, 0.717) is 10.6 Å². The van der Waals surface area contributed by atoms with Crippen molar-refractivity contribution in [2.24, 2.45) is 0 Å². The average Bonchev–Trinajstić information content (AvgIpc) is 2.75. The summed E-state index contributed by atoms with van der Waals surface area (Å²) in [4.78, 5) is 16.4. The summed E-state index contributed by atoms with van der Waals surface area (Å²) in [5.41, 5.74) is -0.793. The van der Waals surface area contributed by atoms with Crippen LogP contribution in [0.3, 0.4) is 0 Å². The van der Waals surface area contributed by atoms with Gasteiger partial charge in [-0.2, -0.15) is 13.2 Å². The molecular formula is C23H19ClF3NO2. The molecule has 1 aromatic heterocycles. The maximum Gasteiger partial charge on any atom is 0.416 e. The fraction of sp³-hybridized carbons (Fsp3) is 0.217. The standard InChI is InChI=1S/C23H19ClF3NO2/c1-2-21(29)30-22(17-10-12-28-13-11-17,15-16-6-8-20(24)9-7-16)18-4-3-5-19(14-18)23(25,26)27/h3-14H,2,15H2,1H3. The molecule has 3 rings (SSSR count). The Morgan fingerprint density at radius 3 is 2.20 bits per heavy atom. The molecule has 2 aromatic carbocycles. The first kappa shape index (κ1) is 21.8. The van der Waals surface area contributed by atoms with E-state index in [-0.39, 0.29) is 18.4 Å². The summed E-state index contributed by atoms with van der Waals surface area (Å²) in [7, 11) is 0. The lowest BCUT2D eigenvalue weighted by molar-refractivity contribution is -0.156. The van der Waals surface area contributed by atoms with E-state index in [1.54, 1.807) is 43.3 Å². The lowest BCUT2D eigenvalue weighted by atomic mass is 9.80. The summed E-state index contributed by atoms with van der Waals surface area (Å²) in [5, 5.41) is 0.526. The normalized spacial score (nSPS) is 13.5. The number of alkyl halides is 3. The van der Waals surface area contributed by atoms with Gasteiger partial charge in [-0.15, -0.1) is 0 Å². The van der Waals surface area contributed by atoms with Crippen LogP contribution in [0.4, 0.5) is 13.2 Å². The van der Waals surface area contributed by atoms with Crippen molar-refractivity contribution >= 4 is 17.6 Å². The Hall–Kier alpha value is -2.86. The molecule has 1 heterocycles. The van der Waals surface area contributed by atoms with Crippen molar-refractivity contribution in [1.29, 1.82) is 0 Å². The Morgan fingerprint density at radius 2 is 1.60 bits per heavy atom. The lowest BCUT2D eigenvalue weighted by Gasteiger charge is -2.35. The maximum absolute atomic E-state index is 13.4. The van der Waals surface area contributed by atoms with Crippen molar-refractivity contribution in [2.45, 2.75) is 31.5 Å². The number of rotatable bonds is 6. The van der Waals surface area contributed by atoms with Crippen LogP contribution in [0.25, 0.3) is 0 Å². The van der Waals surface area contributed by atoms with Crippen LogP contribution in [-0.2, 0) is 27.7 Å². The van der Waals surface area contributed by atoms with Crippen LogP contribution in [0.1, 0.15) is 35.6 Å². The third-order valence-corrected chi connectivity index (χ3v) is 5.00. The Bertz CT molecular complexity index is 1010. The van der Waals surface area contributed by atoms with Gasteiger partial charge < -0.3 is 4.74 Å². The minimum absolute atomic E-state index is 0.0758. The van der Waals surface area contributed by atoms with Gasteiger partial charge in [-0.05, 0) is 42.0 Å². The predicted molar refractivity (Wildman–Crippen MR) is 108 cm³/mol. The van der Waals surface area contributed by atoms with E-state index in [2.05, 4.69) is 4.98 Å². The predicted octanol–water partition coefficient (Wildman–Crippen LogP) is 6.19.